The third kappa shape index (κ3) is 49.5. The number of nitro benzene ring substituents is 1. The highest BCUT2D eigenvalue weighted by atomic mass is 35.5. The number of phenols is 1. The average molecular weight is 1600 g/mol. The molecule has 9 aromatic carbocycles. The Morgan fingerprint density at radius 3 is 1.05 bits per heavy atom. The van der Waals surface area contributed by atoms with Crippen molar-refractivity contribution in [3.05, 3.63) is 260 Å². The lowest BCUT2D eigenvalue weighted by molar-refractivity contribution is -0.384. The van der Waals surface area contributed by atoms with Crippen LogP contribution in [0, 0.1) is 44.7 Å². The van der Waals surface area contributed by atoms with Crippen molar-refractivity contribution < 1.29 is 104 Å². The van der Waals surface area contributed by atoms with Crippen molar-refractivity contribution in [3.8, 4) is 11.5 Å². The van der Waals surface area contributed by atoms with Gasteiger partial charge in [0.1, 0.15) is 70.4 Å². The van der Waals surface area contributed by atoms with Crippen LogP contribution in [0.3, 0.4) is 0 Å². The first-order chi connectivity index (χ1) is 53.4. The van der Waals surface area contributed by atoms with Gasteiger partial charge in [-0.25, -0.2) is 0 Å². The maximum Gasteiger partial charge on any atom is 0.323 e. The number of phenolic OH excluding ortho intramolecular Hbond substituents is 1. The number of carbonyl (C=O) groups is 9. The summed E-state index contributed by atoms with van der Waals surface area (Å²) in [5.74, 6) is -7.00. The van der Waals surface area contributed by atoms with Gasteiger partial charge >= 0.3 is 53.7 Å². The minimum absolute atomic E-state index is 0.0223. The molecule has 9 rings (SSSR count). The number of non-ortho nitro benzene ring substituents is 1. The number of aryl methyl sites for hydroxylation is 5. The molecule has 0 aliphatic rings. The Kier molecular flexibility index (Phi) is 47.6. The van der Waals surface area contributed by atoms with Gasteiger partial charge in [-0.05, 0) is 184 Å². The van der Waals surface area contributed by atoms with E-state index in [-0.39, 0.29) is 70.3 Å². The number of carboxylic acid groups (broad SMARTS) is 9. The number of aliphatic carboxylic acids is 9. The molecule has 0 amide bonds. The van der Waals surface area contributed by atoms with Crippen LogP contribution in [0.5, 0.6) is 11.5 Å². The van der Waals surface area contributed by atoms with E-state index in [1.807, 2.05) is 156 Å². The largest absolute Gasteiger partial charge is 0.508 e. The van der Waals surface area contributed by atoms with Gasteiger partial charge in [0.15, 0.2) is 0 Å². The molecule has 604 valence electrons. The van der Waals surface area contributed by atoms with Crippen molar-refractivity contribution in [2.45, 2.75) is 34.6 Å². The first-order valence-electron chi connectivity index (χ1n) is 33.5. The summed E-state index contributed by atoms with van der Waals surface area (Å²) in [6.45, 7) is 9.20. The van der Waals surface area contributed by atoms with Crippen LogP contribution in [0.1, 0.15) is 27.8 Å². The van der Waals surface area contributed by atoms with Gasteiger partial charge in [-0.15, -0.1) is 0 Å². The number of hydrogen-bond donors (Lipinski definition) is 18. The summed E-state index contributed by atoms with van der Waals surface area (Å²) in [4.78, 5) is 103. The summed E-state index contributed by atoms with van der Waals surface area (Å²) in [5.41, 5.74) is 12.5. The Morgan fingerprint density at radius 1 is 0.363 bits per heavy atom. The number of methoxy groups -OCH3 is 1. The normalized spacial score (nSPS) is 9.46. The van der Waals surface area contributed by atoms with Gasteiger partial charge in [0.2, 0.25) is 0 Å². The monoisotopic (exact) mass is 1600 g/mol. The number of likely N-dealkylation sites (N-methyl/N-ethyl adjacent to an activating group) is 1. The van der Waals surface area contributed by atoms with Crippen molar-refractivity contribution in [1.29, 1.82) is 0 Å². The number of benzene rings is 9. The summed E-state index contributed by atoms with van der Waals surface area (Å²) in [6, 6.07) is 61.7. The van der Waals surface area contributed by atoms with Crippen LogP contribution in [-0.4, -0.2) is 183 Å². The lowest BCUT2D eigenvalue weighted by Crippen LogP contribution is -2.24. The smallest absolute Gasteiger partial charge is 0.323 e. The van der Waals surface area contributed by atoms with Crippen molar-refractivity contribution in [3.63, 3.8) is 0 Å². The van der Waals surface area contributed by atoms with Gasteiger partial charge in [-0.2, -0.15) is 0 Å². The maximum atomic E-state index is 10.3. The van der Waals surface area contributed by atoms with Crippen LogP contribution in [0.2, 0.25) is 10.0 Å². The van der Waals surface area contributed by atoms with Crippen LogP contribution in [-0.2, 0) is 43.2 Å². The Bertz CT molecular complexity index is 4300. The molecule has 0 unspecified atom stereocenters. The van der Waals surface area contributed by atoms with Gasteiger partial charge in [-0.1, -0.05) is 102 Å². The Labute approximate surface area is 661 Å². The summed E-state index contributed by atoms with van der Waals surface area (Å²) in [6.07, 6.45) is 0. The topological polar surface area (TPSA) is 508 Å². The molecular formula is C79H92Cl2N10O22. The zero-order valence-electron chi connectivity index (χ0n) is 62.6. The van der Waals surface area contributed by atoms with Gasteiger partial charge in [0.25, 0.3) is 5.69 Å². The predicted octanol–water partition coefficient (Wildman–Crippen LogP) is 13.1. The number of ether oxygens (including phenoxy) is 1. The highest BCUT2D eigenvalue weighted by Gasteiger charge is 2.08. The number of carboxylic acids is 9. The average Bonchev–Trinajstić information content (AvgIpc) is 0.861. The van der Waals surface area contributed by atoms with E-state index in [0.717, 1.165) is 67.7 Å². The predicted molar refractivity (Wildman–Crippen MR) is 436 cm³/mol. The molecule has 0 aliphatic heterocycles. The molecule has 18 N–H and O–H groups in total. The van der Waals surface area contributed by atoms with Crippen molar-refractivity contribution in [2.75, 3.05) is 120 Å². The molecule has 0 saturated heterocycles. The molecular weight excluding hydrogens is 1510 g/mol. The molecule has 0 radical (unpaired) electrons. The molecule has 34 heteroatoms. The second-order valence-electron chi connectivity index (χ2n) is 23.1. The van der Waals surface area contributed by atoms with E-state index in [0.29, 0.717) is 27.1 Å². The molecule has 0 spiro atoms. The van der Waals surface area contributed by atoms with Crippen molar-refractivity contribution >= 4 is 134 Å². The van der Waals surface area contributed by atoms with E-state index in [1.165, 1.54) is 36.4 Å². The summed E-state index contributed by atoms with van der Waals surface area (Å²) in [7, 11) is 3.34. The fraction of sp³-hybridized carbons (Fsp3) is 0.203. The van der Waals surface area contributed by atoms with E-state index in [1.54, 1.807) is 73.7 Å². The van der Waals surface area contributed by atoms with E-state index in [2.05, 4.69) is 42.5 Å². The zero-order chi connectivity index (χ0) is 84.8. The number of hydrogen-bond acceptors (Lipinski definition) is 22. The van der Waals surface area contributed by atoms with Crippen LogP contribution in [0.15, 0.2) is 212 Å². The summed E-state index contributed by atoms with van der Waals surface area (Å²) >= 11 is 11.4. The second-order valence-corrected chi connectivity index (χ2v) is 24.0. The zero-order valence-corrected chi connectivity index (χ0v) is 64.1. The first-order valence-corrected chi connectivity index (χ1v) is 34.2. The standard InChI is InChI=1S/2C10H13NO2.C9H11NO3.2C9H11NO2.C8H7Cl2NO2.C8H8N2O4.C8H9NO3.C8H9NO2/c1-7-3-8(2)5-9(4-7)11-6-10(12)13;1-7-4-3-5-8(2)10(7)11-6-9(12)13;1-13-8-4-2-7(3-5-8)10-6-9(11)12;1-7-2-4-8(5-3-7)10-6-9(11)12;1-10(7-9(11)12)8-5-3-2-4-6-8;9-6-2-1-5(3-7(6)10)11-4-8(12)13;11-8(12)5-9-6-1-3-7(4-2-6)10(13)14;10-7-3-1-6(2-4-7)9-5-8(11)12;10-8(11)6-9-7-4-2-1-3-5-7/h2*3-5,11H,6H2,1-2H3,(H,12,13);2-5,10H,6H2,1H3,(H,11,12);2-5,10H,6H2,1H3,(H,11,12);2-6H,7H2,1H3,(H,11,12);1-3,11H,4H2,(H,12,13);1-4,9H,5H2,(H,11,12);1-4,9-10H,5H2,(H,11,12);1-5,9H,6H2,(H,10,11). The van der Waals surface area contributed by atoms with Crippen LogP contribution < -0.4 is 52.2 Å². The third-order valence-electron chi connectivity index (χ3n) is 13.6. The fourth-order valence-corrected chi connectivity index (χ4v) is 8.68. The second kappa shape index (κ2) is 55.4. The quantitative estimate of drug-likeness (QED) is 0.0118. The molecule has 0 aromatic heterocycles. The van der Waals surface area contributed by atoms with Crippen molar-refractivity contribution in [1.82, 2.24) is 0 Å². The number of para-hydroxylation sites is 3. The van der Waals surface area contributed by atoms with Crippen LogP contribution in [0.25, 0.3) is 0 Å². The molecule has 0 aliphatic carbocycles. The van der Waals surface area contributed by atoms with Crippen LogP contribution >= 0.6 is 23.2 Å². The molecule has 0 saturated carbocycles. The number of halogens is 2. The van der Waals surface area contributed by atoms with Gasteiger partial charge in [0.05, 0.1) is 22.1 Å². The van der Waals surface area contributed by atoms with Gasteiger partial charge in [-0.3, -0.25) is 53.3 Å². The molecule has 113 heavy (non-hydrogen) atoms. The minimum atomic E-state index is -0.983. The summed E-state index contributed by atoms with van der Waals surface area (Å²) in [5, 5.41) is 117. The Morgan fingerprint density at radius 2 is 0.690 bits per heavy atom. The maximum absolute atomic E-state index is 10.3. The molecule has 9 aromatic rings. The lowest BCUT2D eigenvalue weighted by Gasteiger charge is -2.15. The van der Waals surface area contributed by atoms with E-state index in [9.17, 15) is 53.3 Å². The van der Waals surface area contributed by atoms with E-state index >= 15 is 0 Å². The number of aromatic hydroxyl groups is 1. The highest BCUT2D eigenvalue weighted by molar-refractivity contribution is 6.42. The number of nitro groups is 1. The third-order valence-corrected chi connectivity index (χ3v) is 14.3. The van der Waals surface area contributed by atoms with Gasteiger partial charge < -0.3 is 103 Å². The lowest BCUT2D eigenvalue weighted by atomic mass is 10.1. The molecule has 0 bridgehead atoms. The Balaban J connectivity index is 0.000000636. The Hall–Kier alpha value is -14.0. The highest BCUT2D eigenvalue weighted by Crippen LogP contribution is 2.25. The van der Waals surface area contributed by atoms with Crippen molar-refractivity contribution in [2.24, 2.45) is 0 Å². The molecule has 0 heterocycles. The number of anilines is 9. The summed E-state index contributed by atoms with van der Waals surface area (Å²) < 4.78 is 4.95. The molecule has 32 nitrogen and oxygen atoms in total. The van der Waals surface area contributed by atoms with E-state index < -0.39 is 58.6 Å². The fourth-order valence-electron chi connectivity index (χ4n) is 8.38. The van der Waals surface area contributed by atoms with E-state index in [4.69, 9.17) is 79.0 Å². The number of rotatable bonds is 29. The van der Waals surface area contributed by atoms with Gasteiger partial charge in [0, 0.05) is 70.4 Å². The SMILES string of the molecule is CN(CC(=O)O)c1ccccc1.COc1ccc(NCC(=O)O)cc1.Cc1cc(C)cc(NCC(=O)O)c1.Cc1ccc(NCC(=O)O)cc1.Cc1cccc(C)c1NCC(=O)O.O=C(O)CNc1ccc(Cl)c(Cl)c1.O=C(O)CNc1ccc(O)cc1.O=C(O)CNc1ccc([N+](=O)[O-])cc1.O=C(O)CNc1ccccc1. The molecule has 0 fully saturated rings. The number of nitrogens with zero attached hydrogens (tertiary/aromatic N) is 2. The number of nitrogens with one attached hydrogen (secondary N) is 8. The minimum Gasteiger partial charge on any atom is -0.508 e. The molecule has 0 atom stereocenters. The van der Waals surface area contributed by atoms with Crippen LogP contribution in [0.4, 0.5) is 56.9 Å². The first kappa shape index (κ1) is 97.0.